The number of nitrogens with zero attached hydrogens (tertiary/aromatic N) is 3. The number of hydrogen-bond acceptors (Lipinski definition) is 6. The molecular weight excluding hydrogens is 545 g/mol. The van der Waals surface area contributed by atoms with Crippen LogP contribution >= 0.6 is 11.6 Å². The first-order valence-corrected chi connectivity index (χ1v) is 12.9. The van der Waals surface area contributed by atoms with Crippen LogP contribution in [0, 0.1) is 6.92 Å². The highest BCUT2D eigenvalue weighted by Gasteiger charge is 2.34. The second kappa shape index (κ2) is 12.6. The molecule has 12 heteroatoms. The van der Waals surface area contributed by atoms with E-state index in [1.54, 1.807) is 32.9 Å². The van der Waals surface area contributed by atoms with Gasteiger partial charge in [0.2, 0.25) is 5.91 Å². The lowest BCUT2D eigenvalue weighted by Crippen LogP contribution is -2.36. The van der Waals surface area contributed by atoms with Crippen LogP contribution in [0.2, 0.25) is 5.02 Å². The Morgan fingerprint density at radius 1 is 1.00 bits per heavy atom. The molecule has 0 aliphatic carbocycles. The Balaban J connectivity index is 1.74. The lowest BCUT2D eigenvalue weighted by atomic mass is 9.87. The monoisotopic (exact) mass is 576 g/mol. The van der Waals surface area contributed by atoms with Crippen molar-refractivity contribution in [2.75, 3.05) is 43.1 Å². The zero-order valence-electron chi connectivity index (χ0n) is 22.9. The molecule has 0 radical (unpaired) electrons. The van der Waals surface area contributed by atoms with Crippen molar-refractivity contribution in [1.82, 2.24) is 14.9 Å². The fourth-order valence-corrected chi connectivity index (χ4v) is 3.95. The number of rotatable bonds is 10. The summed E-state index contributed by atoms with van der Waals surface area (Å²) in [6.45, 7) is 6.85. The largest absolute Gasteiger partial charge is 0.417 e. The summed E-state index contributed by atoms with van der Waals surface area (Å²) in [6, 6.07) is 9.48. The van der Waals surface area contributed by atoms with E-state index in [-0.39, 0.29) is 17.2 Å². The van der Waals surface area contributed by atoms with E-state index in [0.717, 1.165) is 25.1 Å². The highest BCUT2D eigenvalue weighted by Crippen LogP contribution is 2.36. The predicted octanol–water partition coefficient (Wildman–Crippen LogP) is 5.99. The zero-order valence-corrected chi connectivity index (χ0v) is 23.7. The number of benzene rings is 2. The highest BCUT2D eigenvalue weighted by molar-refractivity contribution is 6.31. The molecule has 0 spiro atoms. The molecule has 1 heterocycles. The highest BCUT2D eigenvalue weighted by atomic mass is 35.5. The maximum Gasteiger partial charge on any atom is 0.417 e. The van der Waals surface area contributed by atoms with Gasteiger partial charge in [0.05, 0.1) is 21.7 Å². The van der Waals surface area contributed by atoms with E-state index in [1.807, 2.05) is 14.1 Å². The lowest BCUT2D eigenvalue weighted by Gasteiger charge is -2.24. The second-order valence-corrected chi connectivity index (χ2v) is 10.5. The number of nitrogens with one attached hydrogen (secondary N) is 3. The minimum Gasteiger partial charge on any atom is -0.370 e. The number of carbonyl (C=O) groups excluding carboxylic acids is 2. The average Bonchev–Trinajstić information content (AvgIpc) is 2.88. The molecule has 0 fully saturated rings. The first-order chi connectivity index (χ1) is 18.7. The number of aryl methyl sites for hydroxylation is 1. The smallest absolute Gasteiger partial charge is 0.370 e. The van der Waals surface area contributed by atoms with Gasteiger partial charge in [-0.15, -0.1) is 0 Å². The van der Waals surface area contributed by atoms with Crippen molar-refractivity contribution < 1.29 is 22.8 Å². The summed E-state index contributed by atoms with van der Waals surface area (Å²) in [6.07, 6.45) is -2.35. The summed E-state index contributed by atoms with van der Waals surface area (Å²) in [4.78, 5) is 36.8. The molecule has 3 aromatic rings. The van der Waals surface area contributed by atoms with Gasteiger partial charge in [-0.25, -0.2) is 9.97 Å². The fourth-order valence-electron chi connectivity index (χ4n) is 3.72. The summed E-state index contributed by atoms with van der Waals surface area (Å²) in [7, 11) is 4.00. The SMILES string of the molecule is Cc1ccc(C(=O)Nc2ccc(Cl)c(C(F)(F)F)c2)cc1NC(=O)C(C)(C)c1cc(NCCCN(C)C)ncn1. The van der Waals surface area contributed by atoms with Crippen molar-refractivity contribution in [3.63, 3.8) is 0 Å². The van der Waals surface area contributed by atoms with Crippen LogP contribution < -0.4 is 16.0 Å². The molecule has 1 aromatic heterocycles. The number of carbonyl (C=O) groups is 2. The molecule has 0 saturated carbocycles. The third-order valence-corrected chi connectivity index (χ3v) is 6.57. The van der Waals surface area contributed by atoms with Gasteiger partial charge in [-0.1, -0.05) is 17.7 Å². The standard InChI is InChI=1S/C28H32ClF3N6O2/c1-17-7-8-18(25(39)36-19-9-10-21(29)20(14-19)28(30,31)32)13-22(17)37-26(40)27(2,3)23-15-24(35-16-34-23)33-11-6-12-38(4)5/h7-10,13-16H,6,11-12H2,1-5H3,(H,36,39)(H,37,40)(H,33,34,35). The Labute approximate surface area is 236 Å². The van der Waals surface area contributed by atoms with E-state index in [1.165, 1.54) is 24.5 Å². The number of amides is 2. The summed E-state index contributed by atoms with van der Waals surface area (Å²) < 4.78 is 39.6. The Bertz CT molecular complexity index is 1380. The van der Waals surface area contributed by atoms with Gasteiger partial charge in [0.15, 0.2) is 0 Å². The summed E-state index contributed by atoms with van der Waals surface area (Å²) in [5.41, 5.74) is -0.443. The van der Waals surface area contributed by atoms with E-state index in [4.69, 9.17) is 11.6 Å². The molecule has 0 aliphatic heterocycles. The van der Waals surface area contributed by atoms with Gasteiger partial charge >= 0.3 is 6.18 Å². The molecule has 0 bridgehead atoms. The molecule has 3 N–H and O–H groups in total. The quantitative estimate of drug-likeness (QED) is 0.256. The van der Waals surface area contributed by atoms with Gasteiger partial charge < -0.3 is 20.9 Å². The van der Waals surface area contributed by atoms with E-state index in [9.17, 15) is 22.8 Å². The minimum atomic E-state index is -4.67. The first-order valence-electron chi connectivity index (χ1n) is 12.5. The Morgan fingerprint density at radius 2 is 1.73 bits per heavy atom. The molecule has 0 atom stereocenters. The maximum absolute atomic E-state index is 13.4. The van der Waals surface area contributed by atoms with E-state index in [0.29, 0.717) is 29.3 Å². The molecule has 0 unspecified atom stereocenters. The number of alkyl halides is 3. The van der Waals surface area contributed by atoms with Crippen molar-refractivity contribution in [3.05, 3.63) is 76.2 Å². The van der Waals surface area contributed by atoms with Crippen LogP contribution in [0.25, 0.3) is 0 Å². The predicted molar refractivity (Wildman–Crippen MR) is 151 cm³/mol. The molecular formula is C28H32ClF3N6O2. The number of halogens is 4. The van der Waals surface area contributed by atoms with Crippen molar-refractivity contribution in [1.29, 1.82) is 0 Å². The zero-order chi connectivity index (χ0) is 29.7. The van der Waals surface area contributed by atoms with E-state index >= 15 is 0 Å². The summed E-state index contributed by atoms with van der Waals surface area (Å²) in [5.74, 6) is -0.403. The third-order valence-electron chi connectivity index (χ3n) is 6.24. The molecule has 8 nitrogen and oxygen atoms in total. The van der Waals surface area contributed by atoms with Crippen LogP contribution in [0.5, 0.6) is 0 Å². The van der Waals surface area contributed by atoms with Crippen molar-refractivity contribution in [2.45, 2.75) is 38.8 Å². The Morgan fingerprint density at radius 3 is 2.40 bits per heavy atom. The van der Waals surface area contributed by atoms with Crippen LogP contribution in [0.3, 0.4) is 0 Å². The van der Waals surface area contributed by atoms with Crippen LogP contribution in [0.4, 0.5) is 30.4 Å². The summed E-state index contributed by atoms with van der Waals surface area (Å²) in [5, 5.41) is 8.08. The first kappa shape index (κ1) is 30.8. The van der Waals surface area contributed by atoms with Crippen molar-refractivity contribution in [3.8, 4) is 0 Å². The number of anilines is 3. The third kappa shape index (κ3) is 7.92. The molecule has 214 valence electrons. The minimum absolute atomic E-state index is 0.0658. The van der Waals surface area contributed by atoms with Gasteiger partial charge in [0.25, 0.3) is 5.91 Å². The number of aromatic nitrogens is 2. The van der Waals surface area contributed by atoms with Crippen LogP contribution in [0.15, 0.2) is 48.8 Å². The van der Waals surface area contributed by atoms with E-state index < -0.39 is 28.1 Å². The second-order valence-electron chi connectivity index (χ2n) is 10.1. The Kier molecular flexibility index (Phi) is 9.75. The fraction of sp³-hybridized carbons (Fsp3) is 0.357. The van der Waals surface area contributed by atoms with Crippen LogP contribution in [0.1, 0.15) is 47.4 Å². The maximum atomic E-state index is 13.4. The molecule has 0 saturated heterocycles. The molecule has 2 aromatic carbocycles. The average molecular weight is 577 g/mol. The lowest BCUT2D eigenvalue weighted by molar-refractivity contribution is -0.137. The van der Waals surface area contributed by atoms with Gasteiger partial charge in [-0.3, -0.25) is 9.59 Å². The van der Waals surface area contributed by atoms with Gasteiger partial charge in [0, 0.05) is 29.5 Å². The van der Waals surface area contributed by atoms with Crippen molar-refractivity contribution in [2.24, 2.45) is 0 Å². The van der Waals surface area contributed by atoms with Gasteiger partial charge in [-0.2, -0.15) is 13.2 Å². The Hall–Kier alpha value is -3.70. The molecule has 0 aliphatic rings. The van der Waals surface area contributed by atoms with Gasteiger partial charge in [-0.05, 0) is 83.7 Å². The molecule has 40 heavy (non-hydrogen) atoms. The molecule has 2 amide bonds. The normalized spacial score (nSPS) is 11.8. The topological polar surface area (TPSA) is 99.2 Å². The van der Waals surface area contributed by atoms with Crippen molar-refractivity contribution >= 4 is 40.6 Å². The summed E-state index contributed by atoms with van der Waals surface area (Å²) >= 11 is 5.66. The number of hydrogen-bond donors (Lipinski definition) is 3. The van der Waals surface area contributed by atoms with Crippen LogP contribution in [-0.2, 0) is 16.4 Å². The van der Waals surface area contributed by atoms with E-state index in [2.05, 4.69) is 30.8 Å². The molecule has 3 rings (SSSR count). The van der Waals surface area contributed by atoms with Crippen LogP contribution in [-0.4, -0.2) is 53.9 Å². The van der Waals surface area contributed by atoms with Gasteiger partial charge in [0.1, 0.15) is 12.1 Å².